The number of rotatable bonds is 2. The number of carbonyl (C=O) groups is 1. The van der Waals surface area contributed by atoms with Gasteiger partial charge in [-0.25, -0.2) is 9.97 Å². The Morgan fingerprint density at radius 2 is 2.05 bits per heavy atom. The molecule has 98 valence electrons. The van der Waals surface area contributed by atoms with Crippen LogP contribution in [-0.4, -0.2) is 15.9 Å². The van der Waals surface area contributed by atoms with Crippen molar-refractivity contribution in [3.05, 3.63) is 44.7 Å². The van der Waals surface area contributed by atoms with Crippen LogP contribution in [0, 0.1) is 0 Å². The van der Waals surface area contributed by atoms with E-state index in [1.54, 1.807) is 18.2 Å². The van der Waals surface area contributed by atoms with E-state index in [9.17, 15) is 4.79 Å². The number of aromatic nitrogens is 2. The van der Waals surface area contributed by atoms with Crippen molar-refractivity contribution in [3.8, 4) is 0 Å². The maximum absolute atomic E-state index is 12.1. The fourth-order valence-corrected chi connectivity index (χ4v) is 1.97. The Balaban J connectivity index is 2.31. The first-order valence-corrected chi connectivity index (χ1v) is 6.56. The Labute approximate surface area is 127 Å². The summed E-state index contributed by atoms with van der Waals surface area (Å²) in [5.41, 5.74) is 6.39. The van der Waals surface area contributed by atoms with Crippen molar-refractivity contribution in [2.24, 2.45) is 0 Å². The zero-order valence-corrected chi connectivity index (χ0v) is 12.4. The number of hydrogen-bond acceptors (Lipinski definition) is 4. The van der Waals surface area contributed by atoms with E-state index >= 15 is 0 Å². The van der Waals surface area contributed by atoms with E-state index in [0.717, 1.165) is 4.47 Å². The maximum Gasteiger partial charge on any atom is 0.258 e. The van der Waals surface area contributed by atoms with Crippen molar-refractivity contribution in [2.45, 2.75) is 0 Å². The number of benzene rings is 1. The van der Waals surface area contributed by atoms with Gasteiger partial charge in [0, 0.05) is 10.2 Å². The molecule has 0 saturated heterocycles. The highest BCUT2D eigenvalue weighted by Crippen LogP contribution is 2.26. The summed E-state index contributed by atoms with van der Waals surface area (Å²) in [7, 11) is 0. The number of hydrogen-bond donors (Lipinski definition) is 2. The molecular weight excluding hydrogens is 355 g/mol. The van der Waals surface area contributed by atoms with Crippen LogP contribution in [0.2, 0.25) is 10.2 Å². The second-order valence-electron chi connectivity index (χ2n) is 3.51. The summed E-state index contributed by atoms with van der Waals surface area (Å²) >= 11 is 14.9. The van der Waals surface area contributed by atoms with Crippen molar-refractivity contribution >= 4 is 56.5 Å². The Kier molecular flexibility index (Phi) is 4.24. The normalized spacial score (nSPS) is 10.3. The standard InChI is InChI=1S/C11H7BrCl2N4O/c12-5-1-2-7(15)6(3-5)11(19)18-10-8(13)9(14)16-4-17-10/h1-4H,15H2,(H,16,17,18,19). The van der Waals surface area contributed by atoms with Crippen LogP contribution < -0.4 is 11.1 Å². The number of nitrogen functional groups attached to an aromatic ring is 1. The molecule has 0 aliphatic rings. The fourth-order valence-electron chi connectivity index (χ4n) is 1.34. The van der Waals surface area contributed by atoms with Gasteiger partial charge in [0.15, 0.2) is 11.0 Å². The molecule has 0 aliphatic carbocycles. The van der Waals surface area contributed by atoms with Crippen molar-refractivity contribution in [2.75, 3.05) is 11.1 Å². The summed E-state index contributed by atoms with van der Waals surface area (Å²) in [4.78, 5) is 19.6. The third kappa shape index (κ3) is 3.15. The lowest BCUT2D eigenvalue weighted by molar-refractivity contribution is 0.102. The summed E-state index contributed by atoms with van der Waals surface area (Å²) in [5.74, 6) is -0.304. The van der Waals surface area contributed by atoms with Crippen molar-refractivity contribution < 1.29 is 4.79 Å². The molecule has 5 nitrogen and oxygen atoms in total. The lowest BCUT2D eigenvalue weighted by Gasteiger charge is -2.08. The van der Waals surface area contributed by atoms with E-state index in [1.807, 2.05) is 0 Å². The van der Waals surface area contributed by atoms with Crippen LogP contribution in [0.5, 0.6) is 0 Å². The molecular formula is C11H7BrCl2N4O. The van der Waals surface area contributed by atoms with Gasteiger partial charge < -0.3 is 11.1 Å². The molecule has 0 fully saturated rings. The van der Waals surface area contributed by atoms with Gasteiger partial charge in [0.05, 0.1) is 5.56 Å². The zero-order valence-electron chi connectivity index (χ0n) is 9.32. The van der Waals surface area contributed by atoms with Gasteiger partial charge in [0.25, 0.3) is 5.91 Å². The number of anilines is 2. The molecule has 2 rings (SSSR count). The molecule has 0 spiro atoms. The van der Waals surface area contributed by atoms with Crippen LogP contribution in [-0.2, 0) is 0 Å². The van der Waals surface area contributed by atoms with E-state index < -0.39 is 5.91 Å². The number of amides is 1. The molecule has 1 aromatic carbocycles. The topological polar surface area (TPSA) is 80.9 Å². The number of nitrogens with two attached hydrogens (primary N) is 1. The predicted octanol–water partition coefficient (Wildman–Crippen LogP) is 3.38. The fraction of sp³-hybridized carbons (Fsp3) is 0. The minimum Gasteiger partial charge on any atom is -0.398 e. The quantitative estimate of drug-likeness (QED) is 0.634. The number of halogens is 3. The summed E-state index contributed by atoms with van der Waals surface area (Å²) in [6.45, 7) is 0. The summed E-state index contributed by atoms with van der Waals surface area (Å²) in [6.07, 6.45) is 1.20. The molecule has 2 aromatic rings. The summed E-state index contributed by atoms with van der Waals surface area (Å²) in [5, 5.41) is 2.67. The average molecular weight is 362 g/mol. The van der Waals surface area contributed by atoms with Crippen molar-refractivity contribution in [1.82, 2.24) is 9.97 Å². The lowest BCUT2D eigenvalue weighted by Crippen LogP contribution is -2.15. The van der Waals surface area contributed by atoms with Crippen molar-refractivity contribution in [3.63, 3.8) is 0 Å². The monoisotopic (exact) mass is 360 g/mol. The molecule has 1 aromatic heterocycles. The molecule has 8 heteroatoms. The molecule has 19 heavy (non-hydrogen) atoms. The molecule has 0 radical (unpaired) electrons. The Morgan fingerprint density at radius 1 is 1.32 bits per heavy atom. The predicted molar refractivity (Wildman–Crippen MR) is 78.6 cm³/mol. The average Bonchev–Trinajstić information content (AvgIpc) is 2.38. The number of carbonyl (C=O) groups excluding carboxylic acids is 1. The van der Waals surface area contributed by atoms with Gasteiger partial charge in [-0.05, 0) is 18.2 Å². The minimum absolute atomic E-state index is 0.0641. The number of nitrogens with zero attached hydrogens (tertiary/aromatic N) is 2. The molecule has 1 amide bonds. The first-order chi connectivity index (χ1) is 8.99. The number of nitrogens with one attached hydrogen (secondary N) is 1. The third-order valence-electron chi connectivity index (χ3n) is 2.24. The SMILES string of the molecule is Nc1ccc(Br)cc1C(=O)Nc1ncnc(Cl)c1Cl. The van der Waals surface area contributed by atoms with Crippen molar-refractivity contribution in [1.29, 1.82) is 0 Å². The molecule has 0 bridgehead atoms. The second-order valence-corrected chi connectivity index (χ2v) is 5.16. The van der Waals surface area contributed by atoms with Gasteiger partial charge in [-0.1, -0.05) is 39.1 Å². The highest BCUT2D eigenvalue weighted by molar-refractivity contribution is 9.10. The second kappa shape index (κ2) is 5.73. The smallest absolute Gasteiger partial charge is 0.258 e. The van der Waals surface area contributed by atoms with E-state index in [1.165, 1.54) is 6.33 Å². The van der Waals surface area contributed by atoms with E-state index in [4.69, 9.17) is 28.9 Å². The maximum atomic E-state index is 12.1. The van der Waals surface area contributed by atoms with Gasteiger partial charge >= 0.3 is 0 Å². The highest BCUT2D eigenvalue weighted by Gasteiger charge is 2.14. The van der Waals surface area contributed by atoms with Crippen LogP contribution in [0.3, 0.4) is 0 Å². The van der Waals surface area contributed by atoms with E-state index in [2.05, 4.69) is 31.2 Å². The van der Waals surface area contributed by atoms with Gasteiger partial charge in [-0.2, -0.15) is 0 Å². The van der Waals surface area contributed by atoms with Gasteiger partial charge in [0.2, 0.25) is 0 Å². The molecule has 1 heterocycles. The van der Waals surface area contributed by atoms with E-state index in [0.29, 0.717) is 11.3 Å². The first-order valence-electron chi connectivity index (χ1n) is 5.01. The minimum atomic E-state index is -0.435. The highest BCUT2D eigenvalue weighted by atomic mass is 79.9. The van der Waals surface area contributed by atoms with Crippen LogP contribution >= 0.6 is 39.1 Å². The van der Waals surface area contributed by atoms with Gasteiger partial charge in [-0.3, -0.25) is 4.79 Å². The Hall–Kier alpha value is -1.37. The van der Waals surface area contributed by atoms with Crippen LogP contribution in [0.4, 0.5) is 11.5 Å². The van der Waals surface area contributed by atoms with Gasteiger partial charge in [0.1, 0.15) is 11.3 Å². The lowest BCUT2D eigenvalue weighted by atomic mass is 10.1. The Morgan fingerprint density at radius 3 is 2.79 bits per heavy atom. The first kappa shape index (κ1) is 14.0. The Bertz CT molecular complexity index is 651. The van der Waals surface area contributed by atoms with Crippen LogP contribution in [0.15, 0.2) is 29.0 Å². The summed E-state index contributed by atoms with van der Waals surface area (Å²) < 4.78 is 0.735. The van der Waals surface area contributed by atoms with Crippen LogP contribution in [0.1, 0.15) is 10.4 Å². The third-order valence-corrected chi connectivity index (χ3v) is 3.47. The zero-order chi connectivity index (χ0) is 14.0. The molecule has 3 N–H and O–H groups in total. The van der Waals surface area contributed by atoms with E-state index in [-0.39, 0.29) is 16.0 Å². The molecule has 0 saturated carbocycles. The summed E-state index contributed by atoms with van der Waals surface area (Å²) in [6, 6.07) is 4.95. The molecule has 0 unspecified atom stereocenters. The van der Waals surface area contributed by atoms with Crippen LogP contribution in [0.25, 0.3) is 0 Å². The molecule has 0 aliphatic heterocycles. The van der Waals surface area contributed by atoms with Gasteiger partial charge in [-0.15, -0.1) is 0 Å². The largest absolute Gasteiger partial charge is 0.398 e. The molecule has 0 atom stereocenters.